The van der Waals surface area contributed by atoms with Crippen LogP contribution >= 0.6 is 11.6 Å². The van der Waals surface area contributed by atoms with Crippen molar-refractivity contribution in [3.8, 4) is 0 Å². The molecule has 2 rings (SSSR count). The third-order valence-electron chi connectivity index (χ3n) is 2.82. The Morgan fingerprint density at radius 2 is 2.10 bits per heavy atom. The van der Waals surface area contributed by atoms with Gasteiger partial charge in [-0.2, -0.15) is 0 Å². The predicted molar refractivity (Wildman–Crippen MR) is 76.2 cm³/mol. The minimum Gasteiger partial charge on any atom is -0.465 e. The van der Waals surface area contributed by atoms with Crippen molar-refractivity contribution in [3.63, 3.8) is 0 Å². The Bertz CT molecular complexity index is 633. The molecule has 6 heteroatoms. The van der Waals surface area contributed by atoms with Crippen LogP contribution in [0.5, 0.6) is 0 Å². The van der Waals surface area contributed by atoms with Gasteiger partial charge >= 0.3 is 11.9 Å². The number of esters is 2. The minimum absolute atomic E-state index is 0.136. The van der Waals surface area contributed by atoms with E-state index in [-0.39, 0.29) is 5.57 Å². The summed E-state index contributed by atoms with van der Waals surface area (Å²) >= 11 is 6.06. The number of cyclic esters (lactones) is 1. The van der Waals surface area contributed by atoms with Crippen molar-refractivity contribution in [1.82, 2.24) is 0 Å². The highest BCUT2D eigenvalue weighted by atomic mass is 35.5. The quantitative estimate of drug-likeness (QED) is 0.486. The van der Waals surface area contributed by atoms with Gasteiger partial charge < -0.3 is 14.2 Å². The number of methoxy groups -OCH3 is 1. The maximum absolute atomic E-state index is 11.8. The van der Waals surface area contributed by atoms with Crippen molar-refractivity contribution < 1.29 is 23.8 Å². The molecule has 0 spiro atoms. The van der Waals surface area contributed by atoms with E-state index in [4.69, 9.17) is 25.8 Å². The largest absolute Gasteiger partial charge is 0.465 e. The first-order valence-corrected chi connectivity index (χ1v) is 6.49. The van der Waals surface area contributed by atoms with Gasteiger partial charge in [0.25, 0.3) is 6.29 Å². The number of halogens is 1. The summed E-state index contributed by atoms with van der Waals surface area (Å²) in [6, 6.07) is 6.79. The predicted octanol–water partition coefficient (Wildman–Crippen LogP) is 2.70. The Labute approximate surface area is 126 Å². The van der Waals surface area contributed by atoms with Crippen molar-refractivity contribution in [2.24, 2.45) is 0 Å². The summed E-state index contributed by atoms with van der Waals surface area (Å²) in [5.41, 5.74) is 1.05. The Balaban J connectivity index is 2.25. The number of hydrogen-bond donors (Lipinski definition) is 0. The molecular formula is C15H13ClO5. The van der Waals surface area contributed by atoms with Crippen LogP contribution in [-0.2, 0) is 23.8 Å². The van der Waals surface area contributed by atoms with Crippen LogP contribution in [0.2, 0.25) is 5.02 Å². The van der Waals surface area contributed by atoms with Gasteiger partial charge in [0.05, 0.1) is 7.11 Å². The molecule has 0 radical (unpaired) electrons. The van der Waals surface area contributed by atoms with Crippen LogP contribution in [0.1, 0.15) is 12.5 Å². The van der Waals surface area contributed by atoms with Crippen molar-refractivity contribution in [1.29, 1.82) is 0 Å². The van der Waals surface area contributed by atoms with E-state index in [9.17, 15) is 9.59 Å². The van der Waals surface area contributed by atoms with Gasteiger partial charge in [-0.05, 0) is 13.0 Å². The van der Waals surface area contributed by atoms with Crippen molar-refractivity contribution in [3.05, 3.63) is 52.8 Å². The van der Waals surface area contributed by atoms with Gasteiger partial charge in [-0.25, -0.2) is 9.59 Å². The molecule has 0 aliphatic carbocycles. The summed E-state index contributed by atoms with van der Waals surface area (Å²) in [5.74, 6) is -1.06. The lowest BCUT2D eigenvalue weighted by Gasteiger charge is -2.11. The Kier molecular flexibility index (Phi) is 4.65. The van der Waals surface area contributed by atoms with Crippen LogP contribution in [0.25, 0.3) is 5.57 Å². The molecule has 0 saturated heterocycles. The van der Waals surface area contributed by atoms with Crippen molar-refractivity contribution in [2.45, 2.75) is 13.2 Å². The molecule has 110 valence electrons. The number of benzene rings is 1. The van der Waals surface area contributed by atoms with Crippen LogP contribution < -0.4 is 0 Å². The van der Waals surface area contributed by atoms with E-state index in [1.54, 1.807) is 31.2 Å². The monoisotopic (exact) mass is 308 g/mol. The molecule has 1 aromatic rings. The fourth-order valence-corrected chi connectivity index (χ4v) is 1.96. The average molecular weight is 309 g/mol. The first kappa shape index (κ1) is 15.1. The molecule has 0 fully saturated rings. The lowest BCUT2D eigenvalue weighted by molar-refractivity contribution is -0.152. The maximum atomic E-state index is 11.8. The van der Waals surface area contributed by atoms with E-state index in [1.807, 2.05) is 0 Å². The lowest BCUT2D eigenvalue weighted by atomic mass is 10.1. The van der Waals surface area contributed by atoms with Gasteiger partial charge in [0.15, 0.2) is 0 Å². The Morgan fingerprint density at radius 1 is 1.38 bits per heavy atom. The Hall–Kier alpha value is -2.27. The first-order chi connectivity index (χ1) is 10.0. The van der Waals surface area contributed by atoms with Gasteiger partial charge in [-0.15, -0.1) is 0 Å². The van der Waals surface area contributed by atoms with Crippen LogP contribution in [0.15, 0.2) is 42.2 Å². The highest BCUT2D eigenvalue weighted by molar-refractivity contribution is 6.34. The second-order valence-electron chi connectivity index (χ2n) is 4.26. The molecule has 0 N–H and O–H groups in total. The SMILES string of the molecule is COC(=O)/C(=C/OC1C=C(C)C(=O)O1)c1ccccc1Cl. The summed E-state index contributed by atoms with van der Waals surface area (Å²) < 4.78 is 14.9. The lowest BCUT2D eigenvalue weighted by Crippen LogP contribution is -2.11. The molecule has 0 aromatic heterocycles. The second kappa shape index (κ2) is 6.45. The number of carbonyl (C=O) groups is 2. The van der Waals surface area contributed by atoms with Crippen LogP contribution in [0, 0.1) is 0 Å². The fraction of sp³-hybridized carbons (Fsp3) is 0.200. The topological polar surface area (TPSA) is 61.8 Å². The minimum atomic E-state index is -0.861. The number of ether oxygens (including phenoxy) is 3. The summed E-state index contributed by atoms with van der Waals surface area (Å²) in [4.78, 5) is 23.1. The van der Waals surface area contributed by atoms with Gasteiger partial charge in [-0.1, -0.05) is 29.8 Å². The highest BCUT2D eigenvalue weighted by Gasteiger charge is 2.24. The van der Waals surface area contributed by atoms with Gasteiger partial charge in [-0.3, -0.25) is 0 Å². The molecule has 21 heavy (non-hydrogen) atoms. The van der Waals surface area contributed by atoms with E-state index in [0.29, 0.717) is 16.2 Å². The van der Waals surface area contributed by atoms with Crippen LogP contribution in [0.3, 0.4) is 0 Å². The smallest absolute Gasteiger partial charge is 0.341 e. The van der Waals surface area contributed by atoms with E-state index < -0.39 is 18.2 Å². The second-order valence-corrected chi connectivity index (χ2v) is 4.67. The van der Waals surface area contributed by atoms with Crippen molar-refractivity contribution >= 4 is 29.1 Å². The van der Waals surface area contributed by atoms with Crippen LogP contribution in [0.4, 0.5) is 0 Å². The standard InChI is InChI=1S/C15H13ClO5/c1-9-7-13(21-14(9)17)20-8-11(15(18)19-2)10-5-3-4-6-12(10)16/h3-8,13H,1-2H3/b11-8+. The molecular weight excluding hydrogens is 296 g/mol. The van der Waals surface area contributed by atoms with Gasteiger partial charge in [0.2, 0.25) is 0 Å². The average Bonchev–Trinajstić information content (AvgIpc) is 2.79. The molecule has 1 aliphatic heterocycles. The molecule has 0 saturated carbocycles. The zero-order valence-electron chi connectivity index (χ0n) is 11.5. The molecule has 1 aromatic carbocycles. The summed E-state index contributed by atoms with van der Waals surface area (Å²) in [6.07, 6.45) is 1.83. The normalized spacial score (nSPS) is 18.0. The molecule has 0 amide bonds. The molecule has 1 unspecified atom stereocenters. The summed E-state index contributed by atoms with van der Waals surface area (Å²) in [7, 11) is 1.26. The number of rotatable bonds is 4. The molecule has 1 aliphatic rings. The first-order valence-electron chi connectivity index (χ1n) is 6.11. The third kappa shape index (κ3) is 3.44. The van der Waals surface area contributed by atoms with Gasteiger partial charge in [0, 0.05) is 22.2 Å². The zero-order chi connectivity index (χ0) is 15.4. The van der Waals surface area contributed by atoms with Gasteiger partial charge in [0.1, 0.15) is 11.8 Å². The summed E-state index contributed by atoms with van der Waals surface area (Å²) in [5, 5.41) is 0.382. The van der Waals surface area contributed by atoms with Crippen molar-refractivity contribution in [2.75, 3.05) is 7.11 Å². The Morgan fingerprint density at radius 3 is 2.67 bits per heavy atom. The van der Waals surface area contributed by atoms with E-state index in [2.05, 4.69) is 0 Å². The van der Waals surface area contributed by atoms with E-state index >= 15 is 0 Å². The van der Waals surface area contributed by atoms with E-state index in [0.717, 1.165) is 0 Å². The number of hydrogen-bond acceptors (Lipinski definition) is 5. The fourth-order valence-electron chi connectivity index (χ4n) is 1.72. The molecule has 1 heterocycles. The van der Waals surface area contributed by atoms with Crippen LogP contribution in [-0.4, -0.2) is 25.3 Å². The maximum Gasteiger partial charge on any atom is 0.341 e. The highest BCUT2D eigenvalue weighted by Crippen LogP contribution is 2.25. The van der Waals surface area contributed by atoms with E-state index in [1.165, 1.54) is 19.4 Å². The third-order valence-corrected chi connectivity index (χ3v) is 3.15. The molecule has 1 atom stereocenters. The molecule has 5 nitrogen and oxygen atoms in total. The number of carbonyl (C=O) groups excluding carboxylic acids is 2. The zero-order valence-corrected chi connectivity index (χ0v) is 12.2. The molecule has 0 bridgehead atoms. The summed E-state index contributed by atoms with van der Waals surface area (Å²) in [6.45, 7) is 1.62.